The summed E-state index contributed by atoms with van der Waals surface area (Å²) in [5, 5.41) is 0. The molecule has 106 valence electrons. The van der Waals surface area contributed by atoms with Gasteiger partial charge in [-0.25, -0.2) is 4.79 Å². The van der Waals surface area contributed by atoms with E-state index in [-0.39, 0.29) is 11.9 Å². The van der Waals surface area contributed by atoms with E-state index in [2.05, 4.69) is 0 Å². The molecule has 2 heterocycles. The van der Waals surface area contributed by atoms with Crippen LogP contribution >= 0.6 is 0 Å². The lowest BCUT2D eigenvalue weighted by molar-refractivity contribution is -0.126. The highest BCUT2D eigenvalue weighted by atomic mass is 16.5. The molecule has 1 aromatic carbocycles. The van der Waals surface area contributed by atoms with E-state index in [1.807, 2.05) is 6.07 Å². The van der Waals surface area contributed by atoms with Gasteiger partial charge in [-0.1, -0.05) is 6.07 Å². The van der Waals surface area contributed by atoms with Crippen molar-refractivity contribution in [1.29, 1.82) is 0 Å². The van der Waals surface area contributed by atoms with Crippen LogP contribution in [0.5, 0.6) is 0 Å². The standard InChI is InChI=1S/C15H17NO4/c1-16-12-9-10(13(17)19-2)3-4-11(12)15(14(16)18)5-7-20-8-6-15/h3-4,9H,5-8H2,1-2H3. The number of amides is 1. The van der Waals surface area contributed by atoms with E-state index in [0.717, 1.165) is 11.3 Å². The molecule has 0 saturated carbocycles. The lowest BCUT2D eigenvalue weighted by atomic mass is 9.75. The van der Waals surface area contributed by atoms with Crippen molar-refractivity contribution >= 4 is 17.6 Å². The van der Waals surface area contributed by atoms with E-state index in [1.54, 1.807) is 24.1 Å². The lowest BCUT2D eigenvalue weighted by Crippen LogP contribution is -2.42. The summed E-state index contributed by atoms with van der Waals surface area (Å²) in [7, 11) is 3.11. The van der Waals surface area contributed by atoms with Crippen molar-refractivity contribution in [3.05, 3.63) is 29.3 Å². The summed E-state index contributed by atoms with van der Waals surface area (Å²) >= 11 is 0. The highest BCUT2D eigenvalue weighted by molar-refractivity contribution is 6.08. The largest absolute Gasteiger partial charge is 0.465 e. The van der Waals surface area contributed by atoms with E-state index in [9.17, 15) is 9.59 Å². The van der Waals surface area contributed by atoms with Gasteiger partial charge in [-0.05, 0) is 30.5 Å². The van der Waals surface area contributed by atoms with Gasteiger partial charge in [0.05, 0.1) is 18.1 Å². The maximum absolute atomic E-state index is 12.6. The third-order valence-electron chi connectivity index (χ3n) is 4.36. The Bertz CT molecular complexity index is 575. The van der Waals surface area contributed by atoms with Crippen LogP contribution in [0.3, 0.4) is 0 Å². The molecule has 0 radical (unpaired) electrons. The Morgan fingerprint density at radius 1 is 1.35 bits per heavy atom. The number of likely N-dealkylation sites (N-methyl/N-ethyl adjacent to an activating group) is 1. The van der Waals surface area contributed by atoms with Gasteiger partial charge in [0.1, 0.15) is 0 Å². The Morgan fingerprint density at radius 3 is 2.70 bits per heavy atom. The summed E-state index contributed by atoms with van der Waals surface area (Å²) < 4.78 is 10.1. The normalized spacial score (nSPS) is 20.1. The molecular formula is C15H17NO4. The molecule has 1 aromatic rings. The molecule has 20 heavy (non-hydrogen) atoms. The first-order chi connectivity index (χ1) is 9.60. The quantitative estimate of drug-likeness (QED) is 0.729. The molecule has 0 N–H and O–H groups in total. The summed E-state index contributed by atoms with van der Waals surface area (Å²) in [6.07, 6.45) is 1.39. The van der Waals surface area contributed by atoms with Crippen LogP contribution in [0.1, 0.15) is 28.8 Å². The first-order valence-corrected chi connectivity index (χ1v) is 6.69. The molecule has 1 spiro atoms. The lowest BCUT2D eigenvalue weighted by Gasteiger charge is -2.32. The molecule has 5 heteroatoms. The predicted molar refractivity (Wildman–Crippen MR) is 72.9 cm³/mol. The van der Waals surface area contributed by atoms with Crippen LogP contribution in [0.4, 0.5) is 5.69 Å². The van der Waals surface area contributed by atoms with Gasteiger partial charge < -0.3 is 14.4 Å². The average Bonchev–Trinajstić information content (AvgIpc) is 2.70. The van der Waals surface area contributed by atoms with Crippen molar-refractivity contribution in [3.8, 4) is 0 Å². The summed E-state index contributed by atoms with van der Waals surface area (Å²) in [6.45, 7) is 1.19. The zero-order chi connectivity index (χ0) is 14.3. The van der Waals surface area contributed by atoms with Crippen LogP contribution < -0.4 is 4.90 Å². The Hall–Kier alpha value is -1.88. The number of ether oxygens (including phenoxy) is 2. The number of carbonyl (C=O) groups excluding carboxylic acids is 2. The van der Waals surface area contributed by atoms with Crippen molar-refractivity contribution in [2.45, 2.75) is 18.3 Å². The van der Waals surface area contributed by atoms with Crippen LogP contribution in [0.15, 0.2) is 18.2 Å². The molecule has 0 atom stereocenters. The van der Waals surface area contributed by atoms with Gasteiger partial charge in [0.2, 0.25) is 5.91 Å². The fraction of sp³-hybridized carbons (Fsp3) is 0.467. The van der Waals surface area contributed by atoms with E-state index >= 15 is 0 Å². The van der Waals surface area contributed by atoms with E-state index in [0.29, 0.717) is 31.6 Å². The summed E-state index contributed by atoms with van der Waals surface area (Å²) in [4.78, 5) is 25.9. The van der Waals surface area contributed by atoms with Gasteiger partial charge in [-0.3, -0.25) is 4.79 Å². The number of hydrogen-bond donors (Lipinski definition) is 0. The molecule has 3 rings (SSSR count). The number of nitrogens with zero attached hydrogens (tertiary/aromatic N) is 1. The first kappa shape index (κ1) is 13.1. The molecule has 0 unspecified atom stereocenters. The average molecular weight is 275 g/mol. The summed E-state index contributed by atoms with van der Waals surface area (Å²) in [5.41, 5.74) is 1.80. The van der Waals surface area contributed by atoms with Gasteiger partial charge in [-0.2, -0.15) is 0 Å². The molecular weight excluding hydrogens is 258 g/mol. The Morgan fingerprint density at radius 2 is 2.05 bits per heavy atom. The Balaban J connectivity index is 2.09. The molecule has 2 aliphatic rings. The number of methoxy groups -OCH3 is 1. The highest BCUT2D eigenvalue weighted by Gasteiger charge is 2.50. The Kier molecular flexibility index (Phi) is 3.01. The van der Waals surface area contributed by atoms with Crippen LogP contribution in [-0.2, 0) is 19.7 Å². The second-order valence-electron chi connectivity index (χ2n) is 5.28. The van der Waals surface area contributed by atoms with Gasteiger partial charge in [0, 0.05) is 25.9 Å². The number of hydrogen-bond acceptors (Lipinski definition) is 4. The van der Waals surface area contributed by atoms with Crippen molar-refractivity contribution in [2.24, 2.45) is 0 Å². The van der Waals surface area contributed by atoms with Crippen LogP contribution in [0.25, 0.3) is 0 Å². The van der Waals surface area contributed by atoms with Gasteiger partial charge in [0.25, 0.3) is 0 Å². The first-order valence-electron chi connectivity index (χ1n) is 6.69. The molecule has 1 amide bonds. The number of benzene rings is 1. The van der Waals surface area contributed by atoms with Gasteiger partial charge in [0.15, 0.2) is 0 Å². The number of rotatable bonds is 1. The molecule has 0 bridgehead atoms. The monoisotopic (exact) mass is 275 g/mol. The van der Waals surface area contributed by atoms with Crippen LogP contribution in [0.2, 0.25) is 0 Å². The predicted octanol–water partition coefficient (Wildman–Crippen LogP) is 1.50. The van der Waals surface area contributed by atoms with Gasteiger partial charge >= 0.3 is 5.97 Å². The SMILES string of the molecule is COC(=O)c1ccc2c(c1)N(C)C(=O)C21CCOCC1. The third-order valence-corrected chi connectivity index (χ3v) is 4.36. The number of anilines is 1. The van der Waals surface area contributed by atoms with E-state index in [1.165, 1.54) is 7.11 Å². The second kappa shape index (κ2) is 4.59. The minimum absolute atomic E-state index is 0.0952. The molecule has 1 fully saturated rings. The van der Waals surface area contributed by atoms with Crippen molar-refractivity contribution < 1.29 is 19.1 Å². The maximum Gasteiger partial charge on any atom is 0.337 e. The van der Waals surface area contributed by atoms with Crippen LogP contribution in [-0.4, -0.2) is 39.2 Å². The minimum Gasteiger partial charge on any atom is -0.465 e. The van der Waals surface area contributed by atoms with E-state index in [4.69, 9.17) is 9.47 Å². The fourth-order valence-electron chi connectivity index (χ4n) is 3.21. The maximum atomic E-state index is 12.6. The molecule has 0 aliphatic carbocycles. The Labute approximate surface area is 117 Å². The molecule has 2 aliphatic heterocycles. The van der Waals surface area contributed by atoms with Crippen LogP contribution in [0, 0.1) is 0 Å². The number of esters is 1. The fourth-order valence-corrected chi connectivity index (χ4v) is 3.21. The zero-order valence-corrected chi connectivity index (χ0v) is 11.6. The summed E-state index contributed by atoms with van der Waals surface area (Å²) in [5.74, 6) is -0.292. The third kappa shape index (κ3) is 1.66. The highest BCUT2D eigenvalue weighted by Crippen LogP contribution is 2.47. The van der Waals surface area contributed by atoms with Crippen molar-refractivity contribution in [1.82, 2.24) is 0 Å². The molecule has 0 aromatic heterocycles. The smallest absolute Gasteiger partial charge is 0.337 e. The van der Waals surface area contributed by atoms with Gasteiger partial charge in [-0.15, -0.1) is 0 Å². The zero-order valence-electron chi connectivity index (χ0n) is 11.6. The number of fused-ring (bicyclic) bond motifs is 2. The number of carbonyl (C=O) groups is 2. The minimum atomic E-state index is -0.475. The molecule has 1 saturated heterocycles. The second-order valence-corrected chi connectivity index (χ2v) is 5.28. The topological polar surface area (TPSA) is 55.8 Å². The summed E-state index contributed by atoms with van der Waals surface area (Å²) in [6, 6.07) is 5.35. The van der Waals surface area contributed by atoms with Crippen molar-refractivity contribution in [3.63, 3.8) is 0 Å². The van der Waals surface area contributed by atoms with E-state index < -0.39 is 5.41 Å². The molecule has 5 nitrogen and oxygen atoms in total. The van der Waals surface area contributed by atoms with Crippen molar-refractivity contribution in [2.75, 3.05) is 32.3 Å².